The predicted molar refractivity (Wildman–Crippen MR) is 63.6 cm³/mol. The van der Waals surface area contributed by atoms with E-state index in [2.05, 4.69) is 10.3 Å². The molecule has 0 bridgehead atoms. The van der Waals surface area contributed by atoms with Crippen molar-refractivity contribution in [2.24, 2.45) is 0 Å². The van der Waals surface area contributed by atoms with Gasteiger partial charge in [-0.25, -0.2) is 0 Å². The molecule has 0 saturated carbocycles. The van der Waals surface area contributed by atoms with Crippen LogP contribution >= 0.6 is 11.6 Å². The van der Waals surface area contributed by atoms with Gasteiger partial charge >= 0.3 is 0 Å². The summed E-state index contributed by atoms with van der Waals surface area (Å²) in [6, 6.07) is 8.22. The van der Waals surface area contributed by atoms with Crippen LogP contribution in [0.25, 0.3) is 0 Å². The molecule has 0 saturated heterocycles. The summed E-state index contributed by atoms with van der Waals surface area (Å²) in [7, 11) is 0. The second kappa shape index (κ2) is 5.10. The Bertz CT molecular complexity index is 604. The van der Waals surface area contributed by atoms with E-state index < -0.39 is 17.8 Å². The normalized spacial score (nSPS) is 10.2. The first kappa shape index (κ1) is 12.4. The molecule has 92 valence electrons. The van der Waals surface area contributed by atoms with Crippen molar-refractivity contribution in [2.45, 2.75) is 0 Å². The number of benzene rings is 1. The third kappa shape index (κ3) is 2.81. The maximum absolute atomic E-state index is 13.2. The summed E-state index contributed by atoms with van der Waals surface area (Å²) in [4.78, 5) is 14.7. The van der Waals surface area contributed by atoms with Gasteiger partial charge in [0, 0.05) is 10.6 Å². The predicted octanol–water partition coefficient (Wildman–Crippen LogP) is 3.27. The standard InChI is InChI=1S/C12H7ClF2N2O/c13-8-3-1-2-7(6-8)12(18)16-9-4-5-10(14)17-11(9)15/h1-6H,(H,16,18). The molecule has 3 nitrogen and oxygen atoms in total. The molecule has 1 amide bonds. The van der Waals surface area contributed by atoms with Gasteiger partial charge in [-0.15, -0.1) is 0 Å². The van der Waals surface area contributed by atoms with Crippen LogP contribution < -0.4 is 5.32 Å². The number of anilines is 1. The Morgan fingerprint density at radius 3 is 2.67 bits per heavy atom. The molecular weight excluding hydrogens is 262 g/mol. The van der Waals surface area contributed by atoms with Gasteiger partial charge in [0.05, 0.1) is 5.69 Å². The number of pyridine rings is 1. The number of nitrogens with one attached hydrogen (secondary N) is 1. The van der Waals surface area contributed by atoms with Crippen molar-refractivity contribution < 1.29 is 13.6 Å². The quantitative estimate of drug-likeness (QED) is 0.850. The second-order valence-electron chi connectivity index (χ2n) is 3.44. The lowest BCUT2D eigenvalue weighted by Gasteiger charge is -2.05. The van der Waals surface area contributed by atoms with Gasteiger partial charge < -0.3 is 5.32 Å². The van der Waals surface area contributed by atoms with Gasteiger partial charge in [-0.05, 0) is 30.3 Å². The topological polar surface area (TPSA) is 42.0 Å². The van der Waals surface area contributed by atoms with E-state index in [1.807, 2.05) is 0 Å². The molecule has 0 aliphatic carbocycles. The highest BCUT2D eigenvalue weighted by molar-refractivity contribution is 6.31. The number of halogens is 3. The number of rotatable bonds is 2. The van der Waals surface area contributed by atoms with Gasteiger partial charge in [-0.3, -0.25) is 4.79 Å². The van der Waals surface area contributed by atoms with Crippen molar-refractivity contribution >= 4 is 23.2 Å². The first-order valence-corrected chi connectivity index (χ1v) is 5.33. The molecule has 1 N–H and O–H groups in total. The second-order valence-corrected chi connectivity index (χ2v) is 3.87. The molecule has 2 rings (SSSR count). The zero-order valence-electron chi connectivity index (χ0n) is 8.95. The van der Waals surface area contributed by atoms with Crippen LogP contribution in [-0.4, -0.2) is 10.9 Å². The van der Waals surface area contributed by atoms with Crippen LogP contribution in [0.3, 0.4) is 0 Å². The molecule has 0 radical (unpaired) electrons. The van der Waals surface area contributed by atoms with Crippen molar-refractivity contribution in [1.29, 1.82) is 0 Å². The van der Waals surface area contributed by atoms with Crippen molar-refractivity contribution in [2.75, 3.05) is 5.32 Å². The Hall–Kier alpha value is -2.01. The maximum Gasteiger partial charge on any atom is 0.255 e. The lowest BCUT2D eigenvalue weighted by Crippen LogP contribution is -2.13. The monoisotopic (exact) mass is 268 g/mol. The molecule has 0 spiro atoms. The SMILES string of the molecule is O=C(Nc1ccc(F)nc1F)c1cccc(Cl)c1. The number of amides is 1. The van der Waals surface area contributed by atoms with Crippen LogP contribution in [0.15, 0.2) is 36.4 Å². The van der Waals surface area contributed by atoms with Gasteiger partial charge in [-0.2, -0.15) is 13.8 Å². The highest BCUT2D eigenvalue weighted by Gasteiger charge is 2.11. The molecule has 6 heteroatoms. The minimum Gasteiger partial charge on any atom is -0.318 e. The summed E-state index contributed by atoms with van der Waals surface area (Å²) in [6.07, 6.45) is 0. The van der Waals surface area contributed by atoms with Crippen LogP contribution in [-0.2, 0) is 0 Å². The molecule has 0 atom stereocenters. The highest BCUT2D eigenvalue weighted by atomic mass is 35.5. The van der Waals surface area contributed by atoms with Crippen LogP contribution in [0.1, 0.15) is 10.4 Å². The largest absolute Gasteiger partial charge is 0.318 e. The minimum atomic E-state index is -1.08. The Kier molecular flexibility index (Phi) is 3.53. The molecule has 1 heterocycles. The van der Waals surface area contributed by atoms with Crippen molar-refractivity contribution in [3.05, 3.63) is 58.9 Å². The van der Waals surface area contributed by atoms with E-state index in [9.17, 15) is 13.6 Å². The average molecular weight is 269 g/mol. The summed E-state index contributed by atoms with van der Waals surface area (Å²) in [5.41, 5.74) is 0.0765. The van der Waals surface area contributed by atoms with Gasteiger partial charge in [0.1, 0.15) is 0 Å². The number of nitrogens with zero attached hydrogens (tertiary/aromatic N) is 1. The van der Waals surface area contributed by atoms with Crippen LogP contribution in [0.2, 0.25) is 5.02 Å². The van der Waals surface area contributed by atoms with Crippen LogP contribution in [0, 0.1) is 11.9 Å². The zero-order chi connectivity index (χ0) is 13.1. The molecule has 18 heavy (non-hydrogen) atoms. The van der Waals surface area contributed by atoms with Crippen molar-refractivity contribution in [3.8, 4) is 0 Å². The Morgan fingerprint density at radius 2 is 2.00 bits per heavy atom. The van der Waals surface area contributed by atoms with E-state index in [1.54, 1.807) is 12.1 Å². The molecule has 0 unspecified atom stereocenters. The number of aromatic nitrogens is 1. The number of hydrogen-bond donors (Lipinski definition) is 1. The van der Waals surface area contributed by atoms with E-state index in [-0.39, 0.29) is 11.3 Å². The van der Waals surface area contributed by atoms with Gasteiger partial charge in [0.25, 0.3) is 5.91 Å². The molecule has 2 aromatic rings. The Balaban J connectivity index is 2.21. The van der Waals surface area contributed by atoms with Gasteiger partial charge in [0.2, 0.25) is 11.9 Å². The summed E-state index contributed by atoms with van der Waals surface area (Å²) in [5, 5.41) is 2.67. The summed E-state index contributed by atoms with van der Waals surface area (Å²) in [5.74, 6) is -2.58. The fraction of sp³-hybridized carbons (Fsp3) is 0. The molecule has 1 aromatic heterocycles. The number of carbonyl (C=O) groups excluding carboxylic acids is 1. The molecule has 0 fully saturated rings. The summed E-state index contributed by atoms with van der Waals surface area (Å²) in [6.45, 7) is 0. The number of hydrogen-bond acceptors (Lipinski definition) is 2. The van der Waals surface area contributed by atoms with E-state index in [4.69, 9.17) is 11.6 Å². The van der Waals surface area contributed by atoms with Gasteiger partial charge in [0.15, 0.2) is 0 Å². The van der Waals surface area contributed by atoms with E-state index in [0.717, 1.165) is 12.1 Å². The lowest BCUT2D eigenvalue weighted by atomic mass is 10.2. The molecule has 0 aliphatic rings. The van der Waals surface area contributed by atoms with Crippen molar-refractivity contribution in [3.63, 3.8) is 0 Å². The fourth-order valence-corrected chi connectivity index (χ4v) is 1.52. The molecule has 1 aromatic carbocycles. The van der Waals surface area contributed by atoms with E-state index >= 15 is 0 Å². The number of carbonyl (C=O) groups is 1. The van der Waals surface area contributed by atoms with Crippen LogP contribution in [0.4, 0.5) is 14.5 Å². The Morgan fingerprint density at radius 1 is 1.22 bits per heavy atom. The lowest BCUT2D eigenvalue weighted by molar-refractivity contribution is 0.102. The smallest absolute Gasteiger partial charge is 0.255 e. The van der Waals surface area contributed by atoms with Crippen molar-refractivity contribution in [1.82, 2.24) is 4.98 Å². The molecule has 0 aliphatic heterocycles. The average Bonchev–Trinajstić information content (AvgIpc) is 2.32. The maximum atomic E-state index is 13.2. The summed E-state index contributed by atoms with van der Waals surface area (Å²) < 4.78 is 25.8. The first-order valence-electron chi connectivity index (χ1n) is 4.95. The Labute approximate surface area is 106 Å². The highest BCUT2D eigenvalue weighted by Crippen LogP contribution is 2.15. The van der Waals surface area contributed by atoms with Gasteiger partial charge in [-0.1, -0.05) is 17.7 Å². The van der Waals surface area contributed by atoms with Crippen LogP contribution in [0.5, 0.6) is 0 Å². The third-order valence-corrected chi connectivity index (χ3v) is 2.38. The minimum absolute atomic E-state index is 0.193. The molecular formula is C12H7ClF2N2O. The summed E-state index contributed by atoms with van der Waals surface area (Å²) >= 11 is 5.73. The third-order valence-electron chi connectivity index (χ3n) is 2.15. The van der Waals surface area contributed by atoms with E-state index in [1.165, 1.54) is 12.1 Å². The fourth-order valence-electron chi connectivity index (χ4n) is 1.33. The zero-order valence-corrected chi connectivity index (χ0v) is 9.71. The van der Waals surface area contributed by atoms with E-state index in [0.29, 0.717) is 5.02 Å². The first-order chi connectivity index (χ1) is 8.56.